The molecule has 0 heterocycles. The molecule has 0 spiro atoms. The summed E-state index contributed by atoms with van der Waals surface area (Å²) in [6.07, 6.45) is 3.18. The predicted molar refractivity (Wildman–Crippen MR) is 98.0 cm³/mol. The van der Waals surface area contributed by atoms with E-state index in [4.69, 9.17) is 0 Å². The minimum absolute atomic E-state index is 0. The average Bonchev–Trinajstić information content (AvgIpc) is 3.31. The maximum Gasteiger partial charge on any atom is 0.240 e. The number of hydrogen-bond acceptors (Lipinski definition) is 4. The lowest BCUT2D eigenvalue weighted by atomic mass is 10.3. The van der Waals surface area contributed by atoms with E-state index in [1.54, 1.807) is 12.1 Å². The van der Waals surface area contributed by atoms with Crippen LogP contribution in [0, 0.1) is 5.92 Å². The molecule has 2 rings (SSSR count). The van der Waals surface area contributed by atoms with Crippen LogP contribution in [0.2, 0.25) is 0 Å². The first-order valence-electron chi connectivity index (χ1n) is 8.03. The molecule has 1 aromatic carbocycles. The van der Waals surface area contributed by atoms with E-state index in [0.29, 0.717) is 18.0 Å². The summed E-state index contributed by atoms with van der Waals surface area (Å²) in [4.78, 5) is 12.0. The van der Waals surface area contributed by atoms with Crippen molar-refractivity contribution in [3.05, 3.63) is 24.3 Å². The van der Waals surface area contributed by atoms with Gasteiger partial charge in [-0.15, -0.1) is 12.4 Å². The largest absolute Gasteiger partial charge is 0.325 e. The van der Waals surface area contributed by atoms with E-state index in [1.165, 1.54) is 25.0 Å². The summed E-state index contributed by atoms with van der Waals surface area (Å²) in [5.74, 6) is 0.540. The van der Waals surface area contributed by atoms with Crippen LogP contribution in [0.1, 0.15) is 33.1 Å². The fraction of sp³-hybridized carbons (Fsp3) is 0.562. The topological polar surface area (TPSA) is 87.3 Å². The molecule has 1 aromatic rings. The van der Waals surface area contributed by atoms with E-state index >= 15 is 0 Å². The maximum atomic E-state index is 12.3. The molecule has 1 aliphatic rings. The predicted octanol–water partition coefficient (Wildman–Crippen LogP) is 2.12. The Bertz CT molecular complexity index is 648. The van der Waals surface area contributed by atoms with Crippen molar-refractivity contribution in [2.45, 2.75) is 44.0 Å². The number of halogens is 1. The third-order valence-electron chi connectivity index (χ3n) is 3.81. The average molecular weight is 376 g/mol. The van der Waals surface area contributed by atoms with Crippen molar-refractivity contribution < 1.29 is 13.2 Å². The van der Waals surface area contributed by atoms with E-state index in [1.807, 2.05) is 13.8 Å². The first-order valence-corrected chi connectivity index (χ1v) is 9.52. The number of rotatable bonds is 9. The van der Waals surface area contributed by atoms with Gasteiger partial charge in [0.1, 0.15) is 0 Å². The highest BCUT2D eigenvalue weighted by Gasteiger charge is 2.21. The molecule has 8 heteroatoms. The maximum absolute atomic E-state index is 12.3. The van der Waals surface area contributed by atoms with Gasteiger partial charge in [-0.3, -0.25) is 4.79 Å². The summed E-state index contributed by atoms with van der Waals surface area (Å²) in [5, 5.41) is 5.83. The van der Waals surface area contributed by atoms with Gasteiger partial charge in [0, 0.05) is 11.7 Å². The lowest BCUT2D eigenvalue weighted by molar-refractivity contribution is -0.115. The van der Waals surface area contributed by atoms with E-state index in [2.05, 4.69) is 15.4 Å². The molecule has 6 nitrogen and oxygen atoms in total. The number of amides is 1. The molecule has 24 heavy (non-hydrogen) atoms. The third kappa shape index (κ3) is 6.76. The van der Waals surface area contributed by atoms with Crippen LogP contribution in [0.5, 0.6) is 0 Å². The van der Waals surface area contributed by atoms with Crippen molar-refractivity contribution in [1.29, 1.82) is 0 Å². The van der Waals surface area contributed by atoms with Crippen molar-refractivity contribution in [1.82, 2.24) is 10.0 Å². The monoisotopic (exact) mass is 375 g/mol. The van der Waals surface area contributed by atoms with Crippen LogP contribution in [-0.4, -0.2) is 33.5 Å². The Hall–Kier alpha value is -1.15. The minimum atomic E-state index is -3.57. The van der Waals surface area contributed by atoms with Crippen molar-refractivity contribution in [3.8, 4) is 0 Å². The summed E-state index contributed by atoms with van der Waals surface area (Å²) in [5.41, 5.74) is 0.482. The Labute approximate surface area is 150 Å². The molecule has 3 N–H and O–H groups in total. The van der Waals surface area contributed by atoms with Crippen LogP contribution >= 0.6 is 12.4 Å². The number of hydrogen-bond donors (Lipinski definition) is 3. The van der Waals surface area contributed by atoms with Crippen molar-refractivity contribution in [2.75, 3.05) is 18.4 Å². The van der Waals surface area contributed by atoms with Gasteiger partial charge in [-0.05, 0) is 56.8 Å². The molecule has 1 atom stereocenters. The molecule has 0 radical (unpaired) electrons. The molecular weight excluding hydrogens is 350 g/mol. The van der Waals surface area contributed by atoms with Gasteiger partial charge in [0.25, 0.3) is 0 Å². The smallest absolute Gasteiger partial charge is 0.240 e. The van der Waals surface area contributed by atoms with E-state index in [9.17, 15) is 13.2 Å². The second-order valence-corrected chi connectivity index (χ2v) is 7.79. The van der Waals surface area contributed by atoms with Crippen LogP contribution in [-0.2, 0) is 14.8 Å². The SMILES string of the molecule is CCC(C)NS(=O)(=O)c1cccc(NC(=O)CNCC2CC2)c1.Cl. The molecule has 136 valence electrons. The molecule has 0 aromatic heterocycles. The van der Waals surface area contributed by atoms with E-state index in [-0.39, 0.29) is 35.8 Å². The number of carbonyl (C=O) groups is 1. The lowest BCUT2D eigenvalue weighted by Crippen LogP contribution is -2.32. The van der Waals surface area contributed by atoms with E-state index in [0.717, 1.165) is 6.54 Å². The number of benzene rings is 1. The number of carbonyl (C=O) groups excluding carboxylic acids is 1. The zero-order valence-corrected chi connectivity index (χ0v) is 15.7. The summed E-state index contributed by atoms with van der Waals surface area (Å²) in [6, 6.07) is 6.17. The Balaban J connectivity index is 0.00000288. The van der Waals surface area contributed by atoms with Crippen molar-refractivity contribution >= 4 is 34.0 Å². The second-order valence-electron chi connectivity index (χ2n) is 6.08. The quantitative estimate of drug-likeness (QED) is 0.617. The van der Waals surface area contributed by atoms with Gasteiger partial charge < -0.3 is 10.6 Å². The van der Waals surface area contributed by atoms with Gasteiger partial charge in [0.05, 0.1) is 11.4 Å². The van der Waals surface area contributed by atoms with Gasteiger partial charge in [-0.1, -0.05) is 13.0 Å². The van der Waals surface area contributed by atoms with Crippen LogP contribution < -0.4 is 15.4 Å². The summed E-state index contributed by atoms with van der Waals surface area (Å²) in [6.45, 7) is 4.83. The van der Waals surface area contributed by atoms with Gasteiger partial charge >= 0.3 is 0 Å². The lowest BCUT2D eigenvalue weighted by Gasteiger charge is -2.13. The van der Waals surface area contributed by atoms with Gasteiger partial charge in [0.15, 0.2) is 0 Å². The molecule has 1 amide bonds. The summed E-state index contributed by atoms with van der Waals surface area (Å²) >= 11 is 0. The highest BCUT2D eigenvalue weighted by molar-refractivity contribution is 7.89. The van der Waals surface area contributed by atoms with Crippen molar-refractivity contribution in [2.24, 2.45) is 5.92 Å². The molecule has 0 aliphatic heterocycles. The van der Waals surface area contributed by atoms with Gasteiger partial charge in [0.2, 0.25) is 15.9 Å². The normalized spacial score (nSPS) is 15.4. The first kappa shape index (κ1) is 20.9. The van der Waals surface area contributed by atoms with Crippen LogP contribution in [0.15, 0.2) is 29.2 Å². The van der Waals surface area contributed by atoms with E-state index < -0.39 is 10.0 Å². The van der Waals surface area contributed by atoms with Crippen LogP contribution in [0.3, 0.4) is 0 Å². The fourth-order valence-corrected chi connectivity index (χ4v) is 3.45. The molecule has 1 saturated carbocycles. The molecule has 0 saturated heterocycles. The summed E-state index contributed by atoms with van der Waals surface area (Å²) in [7, 11) is -3.57. The number of anilines is 1. The zero-order valence-electron chi connectivity index (χ0n) is 14.0. The number of nitrogens with one attached hydrogen (secondary N) is 3. The van der Waals surface area contributed by atoms with Crippen LogP contribution in [0.4, 0.5) is 5.69 Å². The second kappa shape index (κ2) is 9.36. The Kier molecular flexibility index (Phi) is 8.15. The van der Waals surface area contributed by atoms with Gasteiger partial charge in [-0.25, -0.2) is 13.1 Å². The first-order chi connectivity index (χ1) is 10.9. The van der Waals surface area contributed by atoms with Crippen molar-refractivity contribution in [3.63, 3.8) is 0 Å². The number of sulfonamides is 1. The highest BCUT2D eigenvalue weighted by Crippen LogP contribution is 2.27. The molecule has 0 bridgehead atoms. The fourth-order valence-electron chi connectivity index (χ4n) is 2.07. The Morgan fingerprint density at radius 1 is 1.33 bits per heavy atom. The molecular formula is C16H26ClN3O3S. The van der Waals surface area contributed by atoms with Crippen LogP contribution in [0.25, 0.3) is 0 Å². The Morgan fingerprint density at radius 3 is 2.67 bits per heavy atom. The highest BCUT2D eigenvalue weighted by atomic mass is 35.5. The molecule has 1 unspecified atom stereocenters. The minimum Gasteiger partial charge on any atom is -0.325 e. The summed E-state index contributed by atoms with van der Waals surface area (Å²) < 4.78 is 27.1. The zero-order chi connectivity index (χ0) is 16.9. The molecule has 1 aliphatic carbocycles. The molecule has 1 fully saturated rings. The third-order valence-corrected chi connectivity index (χ3v) is 5.40. The van der Waals surface area contributed by atoms with Gasteiger partial charge in [-0.2, -0.15) is 0 Å². The standard InChI is InChI=1S/C16H25N3O3S.ClH/c1-3-12(2)19-23(21,22)15-6-4-5-14(9-15)18-16(20)11-17-10-13-7-8-13;/h4-6,9,12-13,17,19H,3,7-8,10-11H2,1-2H3,(H,18,20);1H. The Morgan fingerprint density at radius 2 is 2.04 bits per heavy atom.